The topological polar surface area (TPSA) is 144 Å². The van der Waals surface area contributed by atoms with Crippen LogP contribution in [0.5, 0.6) is 0 Å². The van der Waals surface area contributed by atoms with Crippen LogP contribution < -0.4 is 21.7 Å². The molecule has 0 bridgehead atoms. The fraction of sp³-hybridized carbons (Fsp3) is 0.613. The highest BCUT2D eigenvalue weighted by Gasteiger charge is 2.67. The smallest absolute Gasteiger partial charge is 0.332 e. The Balaban J connectivity index is 2.05. The lowest BCUT2D eigenvalue weighted by atomic mass is 9.85. The molecule has 2 aromatic rings. The Morgan fingerprint density at radius 3 is 2.09 bits per heavy atom. The Morgan fingerprint density at radius 2 is 1.56 bits per heavy atom. The fourth-order valence-corrected chi connectivity index (χ4v) is 9.42. The van der Waals surface area contributed by atoms with Crippen LogP contribution in [0.2, 0.25) is 36.3 Å². The number of rotatable bonds is 7. The van der Waals surface area contributed by atoms with Crippen LogP contribution in [0.1, 0.15) is 58.9 Å². The average Bonchev–Trinajstić information content (AvgIpc) is 3.31. The minimum absolute atomic E-state index is 0.00482. The number of aromatic nitrogens is 2. The summed E-state index contributed by atoms with van der Waals surface area (Å²) in [6.07, 6.45) is -1.76. The van der Waals surface area contributed by atoms with E-state index in [4.69, 9.17) is 19.3 Å². The van der Waals surface area contributed by atoms with Crippen molar-refractivity contribution in [2.75, 3.05) is 6.61 Å². The van der Waals surface area contributed by atoms with Crippen LogP contribution in [0.15, 0.2) is 51.8 Å². The summed E-state index contributed by atoms with van der Waals surface area (Å²) in [4.78, 5) is 26.3. The Labute approximate surface area is 269 Å². The summed E-state index contributed by atoms with van der Waals surface area (Å²) in [5, 5.41) is -0.441. The van der Waals surface area contributed by atoms with E-state index >= 15 is 0 Å². The predicted molar refractivity (Wildman–Crippen MR) is 182 cm³/mol. The predicted octanol–water partition coefficient (Wildman–Crippen LogP) is 4.16. The molecule has 1 aromatic heterocycles. The standard InChI is InChI=1S/C31H50N4O7SSi2/c1-20-18-35(28(37)34(8)26(20)36)27-25(42-45(11,12)30(5,6)7)31(22(41-27)19-40-44(9,10)29(2,3)4)24(32)23(43(38,39)33-31)21-16-14-13-15-17-21/h13-18,22,25,27,33H,19,32H2,1-12H3/t22-,25+,27-,31+/m1/s1. The number of nitrogens with one attached hydrogen (secondary N) is 1. The van der Waals surface area contributed by atoms with Gasteiger partial charge >= 0.3 is 5.69 Å². The monoisotopic (exact) mass is 678 g/mol. The molecule has 0 unspecified atom stereocenters. The molecule has 250 valence electrons. The Hall–Kier alpha value is -2.34. The van der Waals surface area contributed by atoms with Gasteiger partial charge in [0.15, 0.2) is 22.9 Å². The van der Waals surface area contributed by atoms with Crippen molar-refractivity contribution in [2.45, 2.75) is 109 Å². The van der Waals surface area contributed by atoms with Gasteiger partial charge < -0.3 is 19.3 Å². The first kappa shape index (κ1) is 35.5. The van der Waals surface area contributed by atoms with E-state index in [1.165, 1.54) is 17.8 Å². The molecule has 4 rings (SSSR count). The highest BCUT2D eigenvalue weighted by molar-refractivity contribution is 7.99. The van der Waals surface area contributed by atoms with E-state index in [1.807, 2.05) is 13.1 Å². The summed E-state index contributed by atoms with van der Waals surface area (Å²) >= 11 is 0. The third-order valence-electron chi connectivity index (χ3n) is 10.2. The first-order valence-electron chi connectivity index (χ1n) is 15.2. The number of ether oxygens (including phenoxy) is 1. The van der Waals surface area contributed by atoms with Crippen molar-refractivity contribution in [2.24, 2.45) is 12.8 Å². The number of sulfonamides is 1. The molecule has 1 saturated heterocycles. The molecular weight excluding hydrogens is 629 g/mol. The lowest BCUT2D eigenvalue weighted by molar-refractivity contribution is -0.0502. The van der Waals surface area contributed by atoms with Gasteiger partial charge in [0.25, 0.3) is 5.56 Å². The summed E-state index contributed by atoms with van der Waals surface area (Å²) in [6.45, 7) is 22.5. The van der Waals surface area contributed by atoms with Gasteiger partial charge in [-0.2, -0.15) is 4.72 Å². The van der Waals surface area contributed by atoms with Crippen molar-refractivity contribution in [1.82, 2.24) is 13.9 Å². The van der Waals surface area contributed by atoms with E-state index < -0.39 is 61.9 Å². The zero-order valence-electron chi connectivity index (χ0n) is 28.6. The second kappa shape index (κ2) is 11.4. The molecule has 0 radical (unpaired) electrons. The second-order valence-electron chi connectivity index (χ2n) is 15.3. The van der Waals surface area contributed by atoms with Gasteiger partial charge in [-0.1, -0.05) is 71.9 Å². The van der Waals surface area contributed by atoms with Crippen LogP contribution in [-0.2, 0) is 30.7 Å². The summed E-state index contributed by atoms with van der Waals surface area (Å²) in [7, 11) is -7.86. The van der Waals surface area contributed by atoms with Gasteiger partial charge in [0.2, 0.25) is 10.0 Å². The molecule has 0 saturated carbocycles. The minimum Gasteiger partial charge on any atom is -0.414 e. The normalized spacial score (nSPS) is 25.8. The van der Waals surface area contributed by atoms with Crippen molar-refractivity contribution >= 4 is 31.6 Å². The van der Waals surface area contributed by atoms with E-state index in [-0.39, 0.29) is 27.3 Å². The molecule has 3 N–H and O–H groups in total. The Morgan fingerprint density at radius 1 is 1.00 bits per heavy atom. The molecule has 4 atom stereocenters. The SMILES string of the molecule is Cc1cn([C@@H]2O[C@H](CO[Si](C)(C)C(C)(C)C)[C@@]3(NS(=O)(=O)C(c4ccccc4)=C3N)[C@H]2O[Si](C)(C)C(C)(C)C)c(=O)n(C)c1=O. The zero-order chi connectivity index (χ0) is 34.1. The van der Waals surface area contributed by atoms with Gasteiger partial charge in [-0.05, 0) is 48.8 Å². The van der Waals surface area contributed by atoms with E-state index in [0.717, 1.165) is 4.57 Å². The molecule has 14 heteroatoms. The van der Waals surface area contributed by atoms with Gasteiger partial charge in [0.1, 0.15) is 22.7 Å². The summed E-state index contributed by atoms with van der Waals surface area (Å²) < 4.78 is 54.0. The molecular formula is C31H50N4O7SSi2. The van der Waals surface area contributed by atoms with Gasteiger partial charge in [-0.15, -0.1) is 0 Å². The van der Waals surface area contributed by atoms with E-state index in [2.05, 4.69) is 59.4 Å². The van der Waals surface area contributed by atoms with Gasteiger partial charge in [0, 0.05) is 18.8 Å². The molecule has 1 fully saturated rings. The van der Waals surface area contributed by atoms with E-state index in [1.54, 1.807) is 37.3 Å². The second-order valence-corrected chi connectivity index (χ2v) is 26.5. The molecule has 1 spiro atoms. The van der Waals surface area contributed by atoms with Crippen molar-refractivity contribution in [3.63, 3.8) is 0 Å². The number of hydrogen-bond donors (Lipinski definition) is 2. The van der Waals surface area contributed by atoms with Gasteiger partial charge in [0.05, 0.1) is 12.3 Å². The first-order chi connectivity index (χ1) is 20.4. The maximum Gasteiger partial charge on any atom is 0.332 e. The van der Waals surface area contributed by atoms with Crippen molar-refractivity contribution in [3.05, 3.63) is 74.2 Å². The van der Waals surface area contributed by atoms with Crippen molar-refractivity contribution in [1.29, 1.82) is 0 Å². The molecule has 1 aromatic carbocycles. The van der Waals surface area contributed by atoms with Crippen LogP contribution in [0.3, 0.4) is 0 Å². The van der Waals surface area contributed by atoms with Crippen LogP contribution in [0.25, 0.3) is 4.91 Å². The zero-order valence-corrected chi connectivity index (χ0v) is 31.5. The van der Waals surface area contributed by atoms with Crippen LogP contribution in [0.4, 0.5) is 0 Å². The average molecular weight is 679 g/mol. The number of aryl methyl sites for hydroxylation is 1. The third kappa shape index (κ3) is 5.98. The van der Waals surface area contributed by atoms with Crippen LogP contribution in [-0.4, -0.2) is 58.5 Å². The summed E-state index contributed by atoms with van der Waals surface area (Å²) in [5.74, 6) is 0. The highest BCUT2D eigenvalue weighted by Crippen LogP contribution is 2.52. The molecule has 11 nitrogen and oxygen atoms in total. The number of nitrogens with zero attached hydrogens (tertiary/aromatic N) is 2. The fourth-order valence-electron chi connectivity index (χ4n) is 5.32. The third-order valence-corrected chi connectivity index (χ3v) is 20.8. The van der Waals surface area contributed by atoms with Crippen molar-refractivity contribution in [3.8, 4) is 0 Å². The molecule has 0 amide bonds. The molecule has 45 heavy (non-hydrogen) atoms. The first-order valence-corrected chi connectivity index (χ1v) is 22.5. The highest BCUT2D eigenvalue weighted by atomic mass is 32.2. The Kier molecular flexibility index (Phi) is 9.01. The molecule has 0 aliphatic carbocycles. The number of nitrogens with two attached hydrogens (primary N) is 1. The number of benzene rings is 1. The largest absolute Gasteiger partial charge is 0.414 e. The molecule has 3 heterocycles. The lowest BCUT2D eigenvalue weighted by Gasteiger charge is -2.44. The minimum atomic E-state index is -4.19. The van der Waals surface area contributed by atoms with Gasteiger partial charge in [-0.3, -0.25) is 13.9 Å². The molecule has 2 aliphatic rings. The summed E-state index contributed by atoms with van der Waals surface area (Å²) in [6, 6.07) is 8.68. The number of hydrogen-bond acceptors (Lipinski definition) is 8. The summed E-state index contributed by atoms with van der Waals surface area (Å²) in [5.41, 5.74) is 5.13. The van der Waals surface area contributed by atoms with E-state index in [9.17, 15) is 18.0 Å². The maximum absolute atomic E-state index is 14.1. The maximum atomic E-state index is 14.1. The Bertz CT molecular complexity index is 1720. The van der Waals surface area contributed by atoms with Crippen LogP contribution in [0, 0.1) is 6.92 Å². The van der Waals surface area contributed by atoms with Crippen LogP contribution >= 0.6 is 0 Å². The molecule has 2 aliphatic heterocycles. The quantitative estimate of drug-likeness (QED) is 0.416. The van der Waals surface area contributed by atoms with Gasteiger partial charge in [-0.25, -0.2) is 13.2 Å². The lowest BCUT2D eigenvalue weighted by Crippen LogP contribution is -2.64. The van der Waals surface area contributed by atoms with E-state index in [0.29, 0.717) is 11.1 Å². The van der Waals surface area contributed by atoms with Crippen molar-refractivity contribution < 1.29 is 22.0 Å².